The summed E-state index contributed by atoms with van der Waals surface area (Å²) in [5.41, 5.74) is 1.92. The van der Waals surface area contributed by atoms with Gasteiger partial charge in [0.1, 0.15) is 0 Å². The molecule has 0 saturated carbocycles. The van der Waals surface area contributed by atoms with Gasteiger partial charge in [0.25, 0.3) is 0 Å². The number of carbonyl (C=O) groups excluding carboxylic acids is 1. The largest absolute Gasteiger partial charge is 0.504 e. The minimum atomic E-state index is -0.444. The van der Waals surface area contributed by atoms with E-state index in [0.717, 1.165) is 12.0 Å². The smallest absolute Gasteiger partial charge is 0.338 e. The summed E-state index contributed by atoms with van der Waals surface area (Å²) in [6.07, 6.45) is 2.58. The topological polar surface area (TPSA) is 55.8 Å². The summed E-state index contributed by atoms with van der Waals surface area (Å²) in [6.45, 7) is 2.48. The molecule has 0 saturated heterocycles. The van der Waals surface area contributed by atoms with E-state index in [1.165, 1.54) is 13.2 Å². The Morgan fingerprint density at radius 2 is 1.91 bits per heavy atom. The molecule has 0 bridgehead atoms. The fourth-order valence-electron chi connectivity index (χ4n) is 2.10. The predicted molar refractivity (Wildman–Crippen MR) is 90.2 cm³/mol. The van der Waals surface area contributed by atoms with E-state index in [1.807, 2.05) is 37.3 Å². The first-order chi connectivity index (χ1) is 11.2. The van der Waals surface area contributed by atoms with Gasteiger partial charge < -0.3 is 14.6 Å². The zero-order valence-corrected chi connectivity index (χ0v) is 13.3. The Kier molecular flexibility index (Phi) is 5.80. The molecule has 4 heteroatoms. The Hall–Kier alpha value is -2.75. The maximum atomic E-state index is 12.1. The van der Waals surface area contributed by atoms with Gasteiger partial charge in [-0.15, -0.1) is 0 Å². The van der Waals surface area contributed by atoms with Crippen LogP contribution < -0.4 is 4.74 Å². The third-order valence-electron chi connectivity index (χ3n) is 3.25. The minimum Gasteiger partial charge on any atom is -0.504 e. The summed E-state index contributed by atoms with van der Waals surface area (Å²) in [7, 11) is 1.34. The number of ether oxygens (including phenoxy) is 2. The van der Waals surface area contributed by atoms with Crippen molar-refractivity contribution in [1.29, 1.82) is 0 Å². The zero-order valence-electron chi connectivity index (χ0n) is 13.3. The Balaban J connectivity index is 2.44. The van der Waals surface area contributed by atoms with Crippen LogP contribution in [0.3, 0.4) is 0 Å². The normalized spacial score (nSPS) is 11.1. The number of carbonyl (C=O) groups is 1. The van der Waals surface area contributed by atoms with E-state index in [0.29, 0.717) is 23.5 Å². The zero-order chi connectivity index (χ0) is 16.7. The van der Waals surface area contributed by atoms with E-state index >= 15 is 0 Å². The molecule has 2 aromatic rings. The second-order valence-corrected chi connectivity index (χ2v) is 4.99. The number of esters is 1. The van der Waals surface area contributed by atoms with E-state index < -0.39 is 5.97 Å². The molecule has 0 amide bonds. The number of rotatable bonds is 6. The number of aromatic hydroxyl groups is 1. The van der Waals surface area contributed by atoms with Crippen LogP contribution in [-0.2, 0) is 9.53 Å². The van der Waals surface area contributed by atoms with E-state index in [1.54, 1.807) is 18.2 Å². The third kappa shape index (κ3) is 4.36. The summed E-state index contributed by atoms with van der Waals surface area (Å²) in [6, 6.07) is 14.3. The van der Waals surface area contributed by atoms with E-state index in [2.05, 4.69) is 0 Å². The number of hydrogen-bond acceptors (Lipinski definition) is 4. The average molecular weight is 312 g/mol. The standard InChI is InChI=1S/C19H20O4/c1-3-11-23-18-13-15(9-10-17(18)20)16(19(21)22-2)12-14-7-5-4-6-8-14/h4-10,12-13,20H,3,11H2,1-2H3/b16-12+. The van der Waals surface area contributed by atoms with Crippen LogP contribution in [-0.4, -0.2) is 24.8 Å². The molecule has 0 aliphatic rings. The molecule has 0 fully saturated rings. The molecule has 0 radical (unpaired) electrons. The quantitative estimate of drug-likeness (QED) is 0.499. The van der Waals surface area contributed by atoms with Gasteiger partial charge in [-0.3, -0.25) is 0 Å². The van der Waals surface area contributed by atoms with E-state index in [9.17, 15) is 9.90 Å². The van der Waals surface area contributed by atoms with E-state index in [4.69, 9.17) is 9.47 Å². The van der Waals surface area contributed by atoms with Crippen molar-refractivity contribution in [3.8, 4) is 11.5 Å². The Bertz CT molecular complexity index is 690. The summed E-state index contributed by atoms with van der Waals surface area (Å²) in [5.74, 6) is -0.0423. The lowest BCUT2D eigenvalue weighted by molar-refractivity contribution is -0.133. The van der Waals surface area contributed by atoms with Crippen LogP contribution in [0, 0.1) is 0 Å². The Morgan fingerprint density at radius 1 is 1.17 bits per heavy atom. The van der Waals surface area contributed by atoms with Crippen LogP contribution in [0.25, 0.3) is 11.6 Å². The number of phenols is 1. The summed E-state index contributed by atoms with van der Waals surface area (Å²) in [5, 5.41) is 9.87. The minimum absolute atomic E-state index is 0.0473. The highest BCUT2D eigenvalue weighted by Crippen LogP contribution is 2.31. The van der Waals surface area contributed by atoms with Gasteiger partial charge in [-0.05, 0) is 35.8 Å². The molecule has 1 N–H and O–H groups in total. The van der Waals surface area contributed by atoms with Gasteiger partial charge in [0.2, 0.25) is 0 Å². The van der Waals surface area contributed by atoms with Crippen molar-refractivity contribution >= 4 is 17.6 Å². The number of phenolic OH excluding ortho intramolecular Hbond substituents is 1. The fraction of sp³-hybridized carbons (Fsp3) is 0.211. The van der Waals surface area contributed by atoms with Crippen LogP contribution >= 0.6 is 0 Å². The second-order valence-electron chi connectivity index (χ2n) is 4.99. The molecule has 0 aliphatic heterocycles. The average Bonchev–Trinajstić information content (AvgIpc) is 2.59. The lowest BCUT2D eigenvalue weighted by Crippen LogP contribution is -2.04. The van der Waals surface area contributed by atoms with Gasteiger partial charge in [-0.2, -0.15) is 0 Å². The molecule has 0 heterocycles. The summed E-state index contributed by atoms with van der Waals surface area (Å²) >= 11 is 0. The van der Waals surface area contributed by atoms with Crippen LogP contribution in [0.15, 0.2) is 48.5 Å². The SMILES string of the molecule is CCCOc1cc(/C(=C\c2ccccc2)C(=O)OC)ccc1O. The third-order valence-corrected chi connectivity index (χ3v) is 3.25. The first kappa shape index (κ1) is 16.6. The molecule has 23 heavy (non-hydrogen) atoms. The van der Waals surface area contributed by atoms with Crippen LogP contribution in [0.4, 0.5) is 0 Å². The second kappa shape index (κ2) is 8.03. The lowest BCUT2D eigenvalue weighted by Gasteiger charge is -2.11. The van der Waals surface area contributed by atoms with Crippen molar-refractivity contribution in [2.75, 3.05) is 13.7 Å². The van der Waals surface area contributed by atoms with Crippen LogP contribution in [0.2, 0.25) is 0 Å². The Labute approximate surface area is 136 Å². The van der Waals surface area contributed by atoms with Crippen molar-refractivity contribution < 1.29 is 19.4 Å². The van der Waals surface area contributed by atoms with Crippen molar-refractivity contribution in [2.24, 2.45) is 0 Å². The number of benzene rings is 2. The van der Waals surface area contributed by atoms with Crippen molar-refractivity contribution in [3.63, 3.8) is 0 Å². The molecule has 0 atom stereocenters. The molecular formula is C19H20O4. The molecule has 0 unspecified atom stereocenters. The lowest BCUT2D eigenvalue weighted by atomic mass is 10.0. The fourth-order valence-corrected chi connectivity index (χ4v) is 2.10. The molecule has 4 nitrogen and oxygen atoms in total. The number of methoxy groups -OCH3 is 1. The maximum absolute atomic E-state index is 12.1. The van der Waals surface area contributed by atoms with Gasteiger partial charge in [0, 0.05) is 0 Å². The van der Waals surface area contributed by atoms with E-state index in [-0.39, 0.29) is 5.75 Å². The number of hydrogen-bond donors (Lipinski definition) is 1. The summed E-state index contributed by atoms with van der Waals surface area (Å²) in [4.78, 5) is 12.1. The van der Waals surface area contributed by atoms with Crippen molar-refractivity contribution in [2.45, 2.75) is 13.3 Å². The molecule has 0 spiro atoms. The van der Waals surface area contributed by atoms with Gasteiger partial charge >= 0.3 is 5.97 Å². The Morgan fingerprint density at radius 3 is 2.57 bits per heavy atom. The molecule has 2 aromatic carbocycles. The predicted octanol–water partition coefficient (Wildman–Crippen LogP) is 3.89. The highest BCUT2D eigenvalue weighted by Gasteiger charge is 2.15. The van der Waals surface area contributed by atoms with Gasteiger partial charge in [-0.25, -0.2) is 4.79 Å². The van der Waals surface area contributed by atoms with Gasteiger partial charge in [0.05, 0.1) is 19.3 Å². The van der Waals surface area contributed by atoms with Crippen molar-refractivity contribution in [1.82, 2.24) is 0 Å². The highest BCUT2D eigenvalue weighted by molar-refractivity contribution is 6.21. The maximum Gasteiger partial charge on any atom is 0.338 e. The molecule has 0 aliphatic carbocycles. The van der Waals surface area contributed by atoms with Crippen LogP contribution in [0.1, 0.15) is 24.5 Å². The molecular weight excluding hydrogens is 292 g/mol. The highest BCUT2D eigenvalue weighted by atomic mass is 16.5. The first-order valence-electron chi connectivity index (χ1n) is 7.47. The first-order valence-corrected chi connectivity index (χ1v) is 7.47. The summed E-state index contributed by atoms with van der Waals surface area (Å²) < 4.78 is 10.4. The monoisotopic (exact) mass is 312 g/mol. The van der Waals surface area contributed by atoms with Crippen molar-refractivity contribution in [3.05, 3.63) is 59.7 Å². The van der Waals surface area contributed by atoms with Gasteiger partial charge in [-0.1, -0.05) is 43.3 Å². The van der Waals surface area contributed by atoms with Gasteiger partial charge in [0.15, 0.2) is 11.5 Å². The van der Waals surface area contributed by atoms with Crippen LogP contribution in [0.5, 0.6) is 11.5 Å². The molecule has 120 valence electrons. The molecule has 2 rings (SSSR count). The molecule has 0 aromatic heterocycles.